The summed E-state index contributed by atoms with van der Waals surface area (Å²) < 4.78 is 13.6. The second kappa shape index (κ2) is 6.31. The summed E-state index contributed by atoms with van der Waals surface area (Å²) in [6, 6.07) is 0.00104. The molecular formula is C12H18FN5O. The molecule has 1 aliphatic rings. The molecule has 1 amide bonds. The van der Waals surface area contributed by atoms with Crippen LogP contribution in [0, 0.1) is 5.82 Å². The number of halogens is 1. The van der Waals surface area contributed by atoms with Crippen molar-refractivity contribution in [1.82, 2.24) is 15.3 Å². The van der Waals surface area contributed by atoms with Crippen molar-refractivity contribution >= 4 is 17.7 Å². The van der Waals surface area contributed by atoms with E-state index in [1.165, 1.54) is 0 Å². The molecule has 7 heteroatoms. The summed E-state index contributed by atoms with van der Waals surface area (Å²) in [7, 11) is 0. The Hall–Kier alpha value is -1.92. The second-order valence-electron chi connectivity index (χ2n) is 4.50. The van der Waals surface area contributed by atoms with E-state index in [9.17, 15) is 9.18 Å². The van der Waals surface area contributed by atoms with Crippen molar-refractivity contribution in [1.29, 1.82) is 0 Å². The first-order chi connectivity index (χ1) is 9.19. The van der Waals surface area contributed by atoms with E-state index < -0.39 is 5.82 Å². The minimum Gasteiger partial charge on any atom is -0.363 e. The number of anilines is 2. The molecule has 19 heavy (non-hydrogen) atoms. The van der Waals surface area contributed by atoms with Crippen LogP contribution in [0.15, 0.2) is 6.20 Å². The minimum absolute atomic E-state index is 0.00104. The molecule has 3 N–H and O–H groups in total. The summed E-state index contributed by atoms with van der Waals surface area (Å²) in [5.74, 6) is 0.130. The summed E-state index contributed by atoms with van der Waals surface area (Å²) in [6.07, 6.45) is 3.21. The smallest absolute Gasteiger partial charge is 0.224 e. The van der Waals surface area contributed by atoms with Crippen LogP contribution in [0.25, 0.3) is 0 Å². The van der Waals surface area contributed by atoms with E-state index in [4.69, 9.17) is 0 Å². The third kappa shape index (κ3) is 3.77. The van der Waals surface area contributed by atoms with Crippen molar-refractivity contribution in [2.45, 2.75) is 32.2 Å². The van der Waals surface area contributed by atoms with Gasteiger partial charge in [-0.3, -0.25) is 4.79 Å². The Morgan fingerprint density at radius 2 is 2.42 bits per heavy atom. The van der Waals surface area contributed by atoms with Crippen LogP contribution < -0.4 is 16.0 Å². The second-order valence-corrected chi connectivity index (χ2v) is 4.50. The molecule has 1 aliphatic heterocycles. The Morgan fingerprint density at radius 1 is 1.58 bits per heavy atom. The molecule has 6 nitrogen and oxygen atoms in total. The molecule has 1 saturated heterocycles. The van der Waals surface area contributed by atoms with Crippen LogP contribution >= 0.6 is 0 Å². The topological polar surface area (TPSA) is 78.9 Å². The molecule has 2 heterocycles. The average Bonchev–Trinajstić information content (AvgIpc) is 2.42. The lowest BCUT2D eigenvalue weighted by molar-refractivity contribution is -0.122. The van der Waals surface area contributed by atoms with Gasteiger partial charge in [-0.2, -0.15) is 4.98 Å². The number of nitrogens with zero attached hydrogens (tertiary/aromatic N) is 2. The molecule has 0 aromatic carbocycles. The SMILES string of the molecule is CCCNc1ncc(F)c(NC2CCC(=O)NC2)n1. The number of hydrogen-bond acceptors (Lipinski definition) is 5. The number of carbonyl (C=O) groups excluding carboxylic acids is 1. The molecule has 0 bridgehead atoms. The Balaban J connectivity index is 2.00. The lowest BCUT2D eigenvalue weighted by Crippen LogP contribution is -2.42. The summed E-state index contributed by atoms with van der Waals surface area (Å²) in [5.41, 5.74) is 0. The Morgan fingerprint density at radius 3 is 3.11 bits per heavy atom. The van der Waals surface area contributed by atoms with Crippen LogP contribution in [0.3, 0.4) is 0 Å². The first-order valence-electron chi connectivity index (χ1n) is 6.48. The van der Waals surface area contributed by atoms with Gasteiger partial charge in [0.1, 0.15) is 0 Å². The van der Waals surface area contributed by atoms with E-state index in [1.807, 2.05) is 6.92 Å². The number of nitrogens with one attached hydrogen (secondary N) is 3. The highest BCUT2D eigenvalue weighted by Crippen LogP contribution is 2.15. The highest BCUT2D eigenvalue weighted by molar-refractivity contribution is 5.77. The van der Waals surface area contributed by atoms with Gasteiger partial charge in [-0.1, -0.05) is 6.92 Å². The molecule has 0 radical (unpaired) electrons. The quantitative estimate of drug-likeness (QED) is 0.745. The van der Waals surface area contributed by atoms with Crippen LogP contribution in [-0.4, -0.2) is 35.0 Å². The van der Waals surface area contributed by atoms with Gasteiger partial charge in [0, 0.05) is 25.6 Å². The fraction of sp³-hybridized carbons (Fsp3) is 0.583. The van der Waals surface area contributed by atoms with Crippen LogP contribution in [0.2, 0.25) is 0 Å². The fourth-order valence-corrected chi connectivity index (χ4v) is 1.84. The number of carbonyl (C=O) groups is 1. The van der Waals surface area contributed by atoms with Gasteiger partial charge in [-0.25, -0.2) is 9.37 Å². The summed E-state index contributed by atoms with van der Waals surface area (Å²) in [5, 5.41) is 8.75. The number of rotatable bonds is 5. The molecule has 1 atom stereocenters. The molecule has 1 aromatic rings. The van der Waals surface area contributed by atoms with E-state index in [2.05, 4.69) is 25.9 Å². The van der Waals surface area contributed by atoms with Gasteiger partial charge >= 0.3 is 0 Å². The predicted molar refractivity (Wildman–Crippen MR) is 70.4 cm³/mol. The van der Waals surface area contributed by atoms with Gasteiger partial charge < -0.3 is 16.0 Å². The zero-order valence-corrected chi connectivity index (χ0v) is 10.9. The normalized spacial score (nSPS) is 18.8. The van der Waals surface area contributed by atoms with Crippen molar-refractivity contribution in [2.24, 2.45) is 0 Å². The van der Waals surface area contributed by atoms with Crippen LogP contribution in [0.1, 0.15) is 26.2 Å². The Kier molecular flexibility index (Phi) is 4.48. The Bertz CT molecular complexity index is 444. The van der Waals surface area contributed by atoms with Crippen molar-refractivity contribution in [3.05, 3.63) is 12.0 Å². The van der Waals surface area contributed by atoms with E-state index >= 15 is 0 Å². The average molecular weight is 267 g/mol. The van der Waals surface area contributed by atoms with Crippen molar-refractivity contribution in [3.63, 3.8) is 0 Å². The van der Waals surface area contributed by atoms with Crippen LogP contribution in [0.5, 0.6) is 0 Å². The maximum Gasteiger partial charge on any atom is 0.224 e. The number of hydrogen-bond donors (Lipinski definition) is 3. The number of piperidine rings is 1. The molecule has 0 aliphatic carbocycles. The van der Waals surface area contributed by atoms with Gasteiger partial charge in [0.25, 0.3) is 0 Å². The van der Waals surface area contributed by atoms with Gasteiger partial charge in [0.15, 0.2) is 11.6 Å². The third-order valence-corrected chi connectivity index (χ3v) is 2.88. The largest absolute Gasteiger partial charge is 0.363 e. The van der Waals surface area contributed by atoms with Crippen LogP contribution in [-0.2, 0) is 4.79 Å². The maximum atomic E-state index is 13.6. The maximum absolute atomic E-state index is 13.6. The molecule has 2 rings (SSSR count). The highest BCUT2D eigenvalue weighted by Gasteiger charge is 2.19. The van der Waals surface area contributed by atoms with E-state index in [-0.39, 0.29) is 17.8 Å². The molecule has 0 spiro atoms. The highest BCUT2D eigenvalue weighted by atomic mass is 19.1. The van der Waals surface area contributed by atoms with E-state index in [1.54, 1.807) is 0 Å². The zero-order valence-electron chi connectivity index (χ0n) is 10.9. The van der Waals surface area contributed by atoms with Gasteiger partial charge in [-0.15, -0.1) is 0 Å². The first kappa shape index (κ1) is 13.5. The fourth-order valence-electron chi connectivity index (χ4n) is 1.84. The van der Waals surface area contributed by atoms with E-state index in [0.29, 0.717) is 25.3 Å². The predicted octanol–water partition coefficient (Wildman–Crippen LogP) is 1.13. The van der Waals surface area contributed by atoms with E-state index in [0.717, 1.165) is 19.2 Å². The zero-order chi connectivity index (χ0) is 13.7. The van der Waals surface area contributed by atoms with Crippen LogP contribution in [0.4, 0.5) is 16.2 Å². The standard InChI is InChI=1S/C12H18FN5O/c1-2-5-14-12-16-7-9(13)11(18-12)17-8-3-4-10(19)15-6-8/h7-8H,2-6H2,1H3,(H,15,19)(H2,14,16,17,18). The third-order valence-electron chi connectivity index (χ3n) is 2.88. The van der Waals surface area contributed by atoms with Crippen molar-refractivity contribution in [3.8, 4) is 0 Å². The molecule has 104 valence electrons. The molecule has 0 saturated carbocycles. The monoisotopic (exact) mass is 267 g/mol. The first-order valence-corrected chi connectivity index (χ1v) is 6.48. The summed E-state index contributed by atoms with van der Waals surface area (Å²) in [6.45, 7) is 3.25. The molecule has 1 fully saturated rings. The van der Waals surface area contributed by atoms with Crippen molar-refractivity contribution < 1.29 is 9.18 Å². The number of amides is 1. The molecular weight excluding hydrogens is 249 g/mol. The van der Waals surface area contributed by atoms with Gasteiger partial charge in [-0.05, 0) is 12.8 Å². The van der Waals surface area contributed by atoms with Gasteiger partial charge in [0.05, 0.1) is 6.20 Å². The molecule has 1 unspecified atom stereocenters. The lowest BCUT2D eigenvalue weighted by Gasteiger charge is -2.24. The number of aromatic nitrogens is 2. The molecule has 1 aromatic heterocycles. The Labute approximate surface area is 111 Å². The van der Waals surface area contributed by atoms with Crippen molar-refractivity contribution in [2.75, 3.05) is 23.7 Å². The van der Waals surface area contributed by atoms with Gasteiger partial charge in [0.2, 0.25) is 11.9 Å². The lowest BCUT2D eigenvalue weighted by atomic mass is 10.1. The summed E-state index contributed by atoms with van der Waals surface area (Å²) in [4.78, 5) is 19.0. The minimum atomic E-state index is -0.487. The summed E-state index contributed by atoms with van der Waals surface area (Å²) >= 11 is 0.